The average Bonchev–Trinajstić information content (AvgIpc) is 1.33. The first kappa shape index (κ1) is 11.0. The predicted octanol–water partition coefficient (Wildman–Crippen LogP) is 1.89. The molecule has 0 aliphatic rings. The normalized spacial score (nSPS) is 5.71. The molecule has 42 valence electrons. The van der Waals surface area contributed by atoms with Gasteiger partial charge < -0.3 is 4.79 Å². The van der Waals surface area contributed by atoms with Crippen LogP contribution in [-0.4, -0.2) is 17.7 Å². The molecule has 0 N–H and O–H groups in total. The quantitative estimate of drug-likeness (QED) is 0.408. The Labute approximate surface area is 59.5 Å². The molecule has 0 unspecified atom stereocenters. The molecule has 7 heavy (non-hydrogen) atoms. The Morgan fingerprint density at radius 3 is 1.43 bits per heavy atom. The van der Waals surface area contributed by atoms with E-state index in [1.54, 1.807) is 0 Å². The van der Waals surface area contributed by atoms with E-state index in [0.29, 0.717) is 0 Å². The van der Waals surface area contributed by atoms with Gasteiger partial charge in [0.2, 0.25) is 0 Å². The number of aldehydes is 1. The first-order valence-corrected chi connectivity index (χ1v) is 6.70. The molecule has 0 saturated heterocycles. The third kappa shape index (κ3) is 158. The lowest BCUT2D eigenvalue weighted by atomic mass is 11.0. The van der Waals surface area contributed by atoms with Crippen LogP contribution in [0.15, 0.2) is 0 Å². The lowest BCUT2D eigenvalue weighted by molar-refractivity contribution is -0.106. The minimum atomic E-state index is -1.72. The van der Waals surface area contributed by atoms with E-state index in [2.05, 4.69) is 0 Å². The van der Waals surface area contributed by atoms with Crippen molar-refractivity contribution in [1.29, 1.82) is 0 Å². The predicted molar refractivity (Wildman–Crippen MR) is 35.1 cm³/mol. The first-order valence-electron chi connectivity index (χ1n) is 1.47. The molecule has 0 atom stereocenters. The molecule has 0 bridgehead atoms. The highest BCUT2D eigenvalue weighted by Crippen LogP contribution is 1.97. The molecule has 0 fully saturated rings. The number of rotatable bonds is 0. The third-order valence-corrected chi connectivity index (χ3v) is 0. The molecule has 0 aromatic heterocycles. The van der Waals surface area contributed by atoms with Gasteiger partial charge in [-0.25, -0.2) is 30.1 Å². The summed E-state index contributed by atoms with van der Waals surface area (Å²) in [5, 5.41) is 0. The van der Waals surface area contributed by atoms with Gasteiger partial charge in [-0.2, -0.15) is 0 Å². The van der Waals surface area contributed by atoms with Crippen LogP contribution in [0.3, 0.4) is 0 Å². The fourth-order valence-electron chi connectivity index (χ4n) is 0. The van der Waals surface area contributed by atoms with Crippen molar-refractivity contribution in [3.05, 3.63) is 0 Å². The smallest absolute Gasteiger partial charge is 0.304 e. The lowest BCUT2D eigenvalue weighted by Crippen LogP contribution is -1.66. The highest BCUT2D eigenvalue weighted by molar-refractivity contribution is 7.54. The molecule has 0 aliphatic heterocycles. The molecule has 0 aromatic carbocycles. The van der Waals surface area contributed by atoms with Crippen LogP contribution in [0.2, 0.25) is 0 Å². The van der Waals surface area contributed by atoms with E-state index >= 15 is 0 Å². The summed E-state index contributed by atoms with van der Waals surface area (Å²) in [6.45, 7) is 1.44. The van der Waals surface area contributed by atoms with Crippen LogP contribution in [0, 0.1) is 0 Å². The van der Waals surface area contributed by atoms with Gasteiger partial charge in [-0.05, 0) is 6.92 Å². The largest absolute Gasteiger partial charge is 0.643 e. The molecule has 0 amide bonds. The number of halogens is 3. The summed E-state index contributed by atoms with van der Waals surface area (Å²) in [5.41, 5.74) is 0. The first-order chi connectivity index (χ1) is 3.15. The van der Waals surface area contributed by atoms with E-state index in [-0.39, 0.29) is 0 Å². The molecule has 0 radical (unpaired) electrons. The molecular weight excluding hydrogens is 173 g/mol. The zero-order valence-corrected chi connectivity index (χ0v) is 7.12. The standard InChI is InChI=1S/C2H4O.Al.3ClH/c1-2-3;;;;/h2H,1H3;;3*1H/q;+3;;;/p-3. The molecule has 1 nitrogen and oxygen atoms in total. The Balaban J connectivity index is 0. The number of hydrogen-bond acceptors (Lipinski definition) is 1. The van der Waals surface area contributed by atoms with Crippen molar-refractivity contribution >= 4 is 47.8 Å². The maximum Gasteiger partial charge on any atom is 0.643 e. The van der Waals surface area contributed by atoms with E-state index < -0.39 is 11.4 Å². The van der Waals surface area contributed by atoms with E-state index in [9.17, 15) is 0 Å². The highest BCUT2D eigenvalue weighted by atomic mass is 35.8. The Bertz CT molecular complexity index is 37.2. The Hall–Kier alpha value is 1.07. The van der Waals surface area contributed by atoms with Crippen LogP contribution in [0.4, 0.5) is 0 Å². The fraction of sp³-hybridized carbons (Fsp3) is 0.500. The minimum absolute atomic E-state index is 0.750. The molecule has 0 aliphatic carbocycles. The molecule has 0 aromatic rings. The minimum Gasteiger partial charge on any atom is -0.304 e. The Morgan fingerprint density at radius 2 is 1.43 bits per heavy atom. The van der Waals surface area contributed by atoms with Gasteiger partial charge in [0, 0.05) is 0 Å². The van der Waals surface area contributed by atoms with Crippen LogP contribution in [0.5, 0.6) is 0 Å². The van der Waals surface area contributed by atoms with Crippen molar-refractivity contribution in [2.24, 2.45) is 0 Å². The second kappa shape index (κ2) is 10.1. The maximum atomic E-state index is 8.81. The van der Waals surface area contributed by atoms with Gasteiger partial charge in [-0.1, -0.05) is 0 Å². The monoisotopic (exact) mass is 176 g/mol. The Morgan fingerprint density at radius 1 is 1.43 bits per heavy atom. The van der Waals surface area contributed by atoms with Crippen LogP contribution in [0.25, 0.3) is 0 Å². The number of carbonyl (C=O) groups is 1. The molecule has 0 rings (SSSR count). The van der Waals surface area contributed by atoms with Crippen molar-refractivity contribution in [1.82, 2.24) is 0 Å². The van der Waals surface area contributed by atoms with E-state index in [1.807, 2.05) is 0 Å². The van der Waals surface area contributed by atoms with Gasteiger partial charge in [-0.3, -0.25) is 0 Å². The van der Waals surface area contributed by atoms with Crippen molar-refractivity contribution in [3.63, 3.8) is 0 Å². The molecule has 5 heteroatoms. The fourth-order valence-corrected chi connectivity index (χ4v) is 0. The molecular formula is C2H4AlCl3O. The van der Waals surface area contributed by atoms with Gasteiger partial charge >= 0.3 is 11.4 Å². The summed E-state index contributed by atoms with van der Waals surface area (Å²) in [6.07, 6.45) is 0.750. The SMILES string of the molecule is CC=O.[Cl][Al]([Cl])[Cl]. The maximum absolute atomic E-state index is 8.81. The van der Waals surface area contributed by atoms with Crippen LogP contribution >= 0.6 is 30.1 Å². The van der Waals surface area contributed by atoms with Gasteiger partial charge in [0.15, 0.2) is 0 Å². The van der Waals surface area contributed by atoms with Crippen molar-refractivity contribution < 1.29 is 4.79 Å². The van der Waals surface area contributed by atoms with Gasteiger partial charge in [0.1, 0.15) is 6.29 Å². The topological polar surface area (TPSA) is 17.1 Å². The van der Waals surface area contributed by atoms with Crippen LogP contribution in [-0.2, 0) is 4.79 Å². The Kier molecular flexibility index (Phi) is 15.9. The zero-order chi connectivity index (χ0) is 6.28. The summed E-state index contributed by atoms with van der Waals surface area (Å²) in [7, 11) is 14.8. The summed E-state index contributed by atoms with van der Waals surface area (Å²) < 4.78 is 0. The average molecular weight is 177 g/mol. The van der Waals surface area contributed by atoms with Crippen molar-refractivity contribution in [2.45, 2.75) is 6.92 Å². The second-order valence-corrected chi connectivity index (χ2v) is 6.92. The van der Waals surface area contributed by atoms with Gasteiger partial charge in [0.05, 0.1) is 0 Å². The molecule has 0 heterocycles. The summed E-state index contributed by atoms with van der Waals surface area (Å²) >= 11 is -1.72. The number of hydrogen-bond donors (Lipinski definition) is 0. The summed E-state index contributed by atoms with van der Waals surface area (Å²) in [5.74, 6) is 0. The second-order valence-electron chi connectivity index (χ2n) is 0.483. The van der Waals surface area contributed by atoms with Gasteiger partial charge in [-0.15, -0.1) is 0 Å². The third-order valence-electron chi connectivity index (χ3n) is 0. The van der Waals surface area contributed by atoms with Crippen LogP contribution < -0.4 is 0 Å². The van der Waals surface area contributed by atoms with Crippen molar-refractivity contribution in [2.75, 3.05) is 0 Å². The van der Waals surface area contributed by atoms with E-state index in [1.165, 1.54) is 6.92 Å². The van der Waals surface area contributed by atoms with E-state index in [4.69, 9.17) is 34.9 Å². The van der Waals surface area contributed by atoms with Crippen molar-refractivity contribution in [3.8, 4) is 0 Å². The molecule has 0 spiro atoms. The highest BCUT2D eigenvalue weighted by Gasteiger charge is 2.00. The zero-order valence-electron chi connectivity index (χ0n) is 3.70. The summed E-state index contributed by atoms with van der Waals surface area (Å²) in [4.78, 5) is 8.81. The lowest BCUT2D eigenvalue weighted by Gasteiger charge is -1.57. The van der Waals surface area contributed by atoms with Gasteiger partial charge in [0.25, 0.3) is 0 Å². The van der Waals surface area contributed by atoms with E-state index in [0.717, 1.165) is 6.29 Å². The number of carbonyl (C=O) groups excluding carboxylic acids is 1. The summed E-state index contributed by atoms with van der Waals surface area (Å²) in [6, 6.07) is 0. The van der Waals surface area contributed by atoms with Crippen LogP contribution in [0.1, 0.15) is 6.92 Å². The molecule has 0 saturated carbocycles.